The summed E-state index contributed by atoms with van der Waals surface area (Å²) in [7, 11) is 0. The van der Waals surface area contributed by atoms with Crippen molar-refractivity contribution in [3.63, 3.8) is 0 Å². The molecule has 2 rings (SSSR count). The molecule has 0 heterocycles. The molecule has 76 valence electrons. The van der Waals surface area contributed by atoms with E-state index in [9.17, 15) is 0 Å². The van der Waals surface area contributed by atoms with Crippen LogP contribution in [0.5, 0.6) is 5.75 Å². The lowest BCUT2D eigenvalue weighted by atomic mass is 10.1. The quantitative estimate of drug-likeness (QED) is 0.706. The molecule has 0 saturated heterocycles. The van der Waals surface area contributed by atoms with Gasteiger partial charge < -0.3 is 4.74 Å². The van der Waals surface area contributed by atoms with Crippen molar-refractivity contribution in [3.05, 3.63) is 29.3 Å². The summed E-state index contributed by atoms with van der Waals surface area (Å²) >= 11 is 0. The fraction of sp³-hybridized carbons (Fsp3) is 0.538. The van der Waals surface area contributed by atoms with Gasteiger partial charge in [0.2, 0.25) is 0 Å². The molecule has 0 unspecified atom stereocenters. The van der Waals surface area contributed by atoms with Crippen LogP contribution in [0.1, 0.15) is 30.4 Å². The van der Waals surface area contributed by atoms with Gasteiger partial charge in [-0.15, -0.1) is 0 Å². The standard InChI is InChI=1S/C13H18O/c1-10-3-6-13(9-11(10)2)14-8-7-12-4-5-12/h3,6,9,12H,4-5,7-8H2,1-2H3. The second-order valence-corrected chi connectivity index (χ2v) is 4.33. The number of ether oxygens (including phenoxy) is 1. The monoisotopic (exact) mass is 190 g/mol. The van der Waals surface area contributed by atoms with Crippen LogP contribution in [0, 0.1) is 19.8 Å². The Bertz CT molecular complexity index is 313. The van der Waals surface area contributed by atoms with Crippen molar-refractivity contribution < 1.29 is 4.74 Å². The average molecular weight is 190 g/mol. The highest BCUT2D eigenvalue weighted by Gasteiger charge is 2.20. The first-order valence-electron chi connectivity index (χ1n) is 5.46. The number of rotatable bonds is 4. The summed E-state index contributed by atoms with van der Waals surface area (Å²) in [6, 6.07) is 6.32. The predicted molar refractivity (Wildman–Crippen MR) is 58.8 cm³/mol. The molecule has 0 aliphatic heterocycles. The highest BCUT2D eigenvalue weighted by molar-refractivity contribution is 5.33. The van der Waals surface area contributed by atoms with E-state index in [1.165, 1.54) is 30.4 Å². The Balaban J connectivity index is 1.85. The molecule has 0 amide bonds. The smallest absolute Gasteiger partial charge is 0.119 e. The molecule has 14 heavy (non-hydrogen) atoms. The fourth-order valence-corrected chi connectivity index (χ4v) is 1.55. The molecule has 0 spiro atoms. The van der Waals surface area contributed by atoms with Gasteiger partial charge in [-0.05, 0) is 49.4 Å². The minimum absolute atomic E-state index is 0.882. The molecule has 1 saturated carbocycles. The Kier molecular flexibility index (Phi) is 2.76. The third-order valence-corrected chi connectivity index (χ3v) is 2.97. The normalized spacial score (nSPS) is 15.6. The van der Waals surface area contributed by atoms with Crippen molar-refractivity contribution in [2.24, 2.45) is 5.92 Å². The van der Waals surface area contributed by atoms with Crippen LogP contribution in [0.4, 0.5) is 0 Å². The zero-order valence-electron chi connectivity index (χ0n) is 9.05. The van der Waals surface area contributed by atoms with E-state index in [1.54, 1.807) is 0 Å². The van der Waals surface area contributed by atoms with Gasteiger partial charge in [-0.1, -0.05) is 18.9 Å². The molecule has 1 aromatic carbocycles. The van der Waals surface area contributed by atoms with Crippen LogP contribution in [0.3, 0.4) is 0 Å². The van der Waals surface area contributed by atoms with Crippen LogP contribution in [-0.4, -0.2) is 6.61 Å². The van der Waals surface area contributed by atoms with Crippen LogP contribution in [0.2, 0.25) is 0 Å². The van der Waals surface area contributed by atoms with Crippen molar-refractivity contribution in [2.75, 3.05) is 6.61 Å². The van der Waals surface area contributed by atoms with Crippen molar-refractivity contribution in [3.8, 4) is 5.75 Å². The Morgan fingerprint density at radius 3 is 2.64 bits per heavy atom. The summed E-state index contributed by atoms with van der Waals surface area (Å²) < 4.78 is 5.69. The lowest BCUT2D eigenvalue weighted by Crippen LogP contribution is -1.98. The molecule has 1 nitrogen and oxygen atoms in total. The zero-order chi connectivity index (χ0) is 9.97. The van der Waals surface area contributed by atoms with Crippen molar-refractivity contribution in [1.82, 2.24) is 0 Å². The molecule has 0 N–H and O–H groups in total. The van der Waals surface area contributed by atoms with E-state index in [2.05, 4.69) is 32.0 Å². The largest absolute Gasteiger partial charge is 0.494 e. The lowest BCUT2D eigenvalue weighted by Gasteiger charge is -2.07. The number of aryl methyl sites for hydroxylation is 2. The Hall–Kier alpha value is -0.980. The summed E-state index contributed by atoms with van der Waals surface area (Å²) in [5, 5.41) is 0. The molecular formula is C13H18O. The van der Waals surface area contributed by atoms with Crippen LogP contribution < -0.4 is 4.74 Å². The summed E-state index contributed by atoms with van der Waals surface area (Å²) in [4.78, 5) is 0. The highest BCUT2D eigenvalue weighted by atomic mass is 16.5. The van der Waals surface area contributed by atoms with E-state index in [-0.39, 0.29) is 0 Å². The summed E-state index contributed by atoms with van der Waals surface area (Å²) in [5.41, 5.74) is 2.65. The maximum Gasteiger partial charge on any atom is 0.119 e. The van der Waals surface area contributed by atoms with E-state index < -0.39 is 0 Å². The third-order valence-electron chi connectivity index (χ3n) is 2.97. The van der Waals surface area contributed by atoms with Crippen LogP contribution in [-0.2, 0) is 0 Å². The van der Waals surface area contributed by atoms with Crippen LogP contribution >= 0.6 is 0 Å². The SMILES string of the molecule is Cc1ccc(OCCC2CC2)cc1C. The van der Waals surface area contributed by atoms with Gasteiger partial charge in [0.25, 0.3) is 0 Å². The number of benzene rings is 1. The molecule has 1 fully saturated rings. The van der Waals surface area contributed by atoms with Gasteiger partial charge in [-0.2, -0.15) is 0 Å². The molecule has 0 radical (unpaired) electrons. The molecule has 1 aromatic rings. The first kappa shape index (κ1) is 9.57. The third kappa shape index (κ3) is 2.50. The van der Waals surface area contributed by atoms with E-state index >= 15 is 0 Å². The molecule has 1 heteroatoms. The Morgan fingerprint density at radius 1 is 1.21 bits per heavy atom. The van der Waals surface area contributed by atoms with Crippen molar-refractivity contribution >= 4 is 0 Å². The number of hydrogen-bond acceptors (Lipinski definition) is 1. The minimum atomic E-state index is 0.882. The molecule has 1 aliphatic rings. The predicted octanol–water partition coefficient (Wildman–Crippen LogP) is 3.48. The van der Waals surface area contributed by atoms with E-state index in [4.69, 9.17) is 4.74 Å². The van der Waals surface area contributed by atoms with Gasteiger partial charge in [-0.25, -0.2) is 0 Å². The molecular weight excluding hydrogens is 172 g/mol. The summed E-state index contributed by atoms with van der Waals surface area (Å²) in [6.07, 6.45) is 4.06. The topological polar surface area (TPSA) is 9.23 Å². The van der Waals surface area contributed by atoms with E-state index in [1.807, 2.05) is 0 Å². The zero-order valence-corrected chi connectivity index (χ0v) is 9.05. The van der Waals surface area contributed by atoms with Gasteiger partial charge in [0.1, 0.15) is 5.75 Å². The van der Waals surface area contributed by atoms with Gasteiger partial charge in [0.05, 0.1) is 6.61 Å². The first-order valence-corrected chi connectivity index (χ1v) is 5.46. The molecule has 0 aromatic heterocycles. The maximum absolute atomic E-state index is 5.69. The lowest BCUT2D eigenvalue weighted by molar-refractivity contribution is 0.302. The van der Waals surface area contributed by atoms with Crippen molar-refractivity contribution in [2.45, 2.75) is 33.1 Å². The van der Waals surface area contributed by atoms with Crippen molar-refractivity contribution in [1.29, 1.82) is 0 Å². The maximum atomic E-state index is 5.69. The van der Waals surface area contributed by atoms with E-state index in [0.29, 0.717) is 0 Å². The Morgan fingerprint density at radius 2 is 2.00 bits per heavy atom. The van der Waals surface area contributed by atoms with Gasteiger partial charge in [0.15, 0.2) is 0 Å². The first-order chi connectivity index (χ1) is 6.75. The van der Waals surface area contributed by atoms with Gasteiger partial charge in [0, 0.05) is 0 Å². The van der Waals surface area contributed by atoms with Gasteiger partial charge in [-0.3, -0.25) is 0 Å². The summed E-state index contributed by atoms with van der Waals surface area (Å²) in [6.45, 7) is 5.14. The van der Waals surface area contributed by atoms with Gasteiger partial charge >= 0.3 is 0 Å². The molecule has 0 bridgehead atoms. The summed E-state index contributed by atoms with van der Waals surface area (Å²) in [5.74, 6) is 1.98. The average Bonchev–Trinajstić information content (AvgIpc) is 2.95. The molecule has 1 aliphatic carbocycles. The molecule has 0 atom stereocenters. The van der Waals surface area contributed by atoms with E-state index in [0.717, 1.165) is 18.3 Å². The fourth-order valence-electron chi connectivity index (χ4n) is 1.55. The second-order valence-electron chi connectivity index (χ2n) is 4.33. The van der Waals surface area contributed by atoms with Crippen LogP contribution in [0.25, 0.3) is 0 Å². The Labute approximate surface area is 86.1 Å². The highest BCUT2D eigenvalue weighted by Crippen LogP contribution is 2.32. The number of hydrogen-bond donors (Lipinski definition) is 0. The van der Waals surface area contributed by atoms with Crippen LogP contribution in [0.15, 0.2) is 18.2 Å². The second kappa shape index (κ2) is 4.04. The minimum Gasteiger partial charge on any atom is -0.494 e.